The van der Waals surface area contributed by atoms with Crippen LogP contribution >= 0.6 is 0 Å². The fourth-order valence-corrected chi connectivity index (χ4v) is 5.91. The van der Waals surface area contributed by atoms with Crippen molar-refractivity contribution in [3.8, 4) is 22.9 Å². The van der Waals surface area contributed by atoms with Crippen LogP contribution in [0.1, 0.15) is 104 Å². The minimum absolute atomic E-state index is 0. The van der Waals surface area contributed by atoms with Crippen molar-refractivity contribution in [1.82, 2.24) is 35.3 Å². The Kier molecular flexibility index (Phi) is 7.57. The number of pyridine rings is 1. The SMILES string of the molecule is CC(C)(C)c1cc(-c2ccnc(-c3[n-]nc4c3C3CCC4(C)C3(C)C)n2)[n-]n1.CC(C)(C)c1ccncc1.[Pt+2]. The second kappa shape index (κ2) is 10.1. The summed E-state index contributed by atoms with van der Waals surface area (Å²) in [6.07, 6.45) is 7.81. The van der Waals surface area contributed by atoms with Gasteiger partial charge >= 0.3 is 21.1 Å². The second-order valence-corrected chi connectivity index (χ2v) is 13.6. The number of rotatable bonds is 2. The maximum atomic E-state index is 4.80. The number of aromatic nitrogens is 7. The smallest absolute Gasteiger partial charge is 0.573 e. The van der Waals surface area contributed by atoms with Crippen LogP contribution in [0.2, 0.25) is 0 Å². The van der Waals surface area contributed by atoms with E-state index in [4.69, 9.17) is 4.98 Å². The van der Waals surface area contributed by atoms with Crippen LogP contribution in [0.25, 0.3) is 22.9 Å². The van der Waals surface area contributed by atoms with Gasteiger partial charge in [0.05, 0.1) is 5.69 Å². The van der Waals surface area contributed by atoms with Gasteiger partial charge in [-0.15, -0.1) is 0 Å². The molecule has 2 atom stereocenters. The molecule has 1 fully saturated rings. The van der Waals surface area contributed by atoms with Crippen molar-refractivity contribution < 1.29 is 21.1 Å². The van der Waals surface area contributed by atoms with Gasteiger partial charge < -0.3 is 20.4 Å². The van der Waals surface area contributed by atoms with Gasteiger partial charge in [0, 0.05) is 40.8 Å². The Morgan fingerprint density at radius 2 is 1.56 bits per heavy atom. The molecule has 0 radical (unpaired) electrons. The zero-order valence-electron chi connectivity index (χ0n) is 24.5. The van der Waals surface area contributed by atoms with Crippen LogP contribution < -0.4 is 10.2 Å². The molecule has 2 bridgehead atoms. The Bertz CT molecular complexity index is 1440. The van der Waals surface area contributed by atoms with Crippen molar-refractivity contribution in [3.05, 3.63) is 65.4 Å². The Morgan fingerprint density at radius 3 is 2.15 bits per heavy atom. The Hall–Kier alpha value is -2.66. The van der Waals surface area contributed by atoms with Gasteiger partial charge in [-0.1, -0.05) is 79.8 Å². The van der Waals surface area contributed by atoms with Gasteiger partial charge in [0.2, 0.25) is 0 Å². The molecule has 0 aromatic carbocycles. The fraction of sp³-hybridized carbons (Fsp3) is 0.516. The minimum Gasteiger partial charge on any atom is -0.573 e. The van der Waals surface area contributed by atoms with Crippen molar-refractivity contribution in [2.24, 2.45) is 5.41 Å². The fourth-order valence-electron chi connectivity index (χ4n) is 5.91. The monoisotopic (exact) mass is 704 g/mol. The van der Waals surface area contributed by atoms with Crippen molar-refractivity contribution in [2.45, 2.75) is 97.3 Å². The zero-order chi connectivity index (χ0) is 27.5. The first-order chi connectivity index (χ1) is 17.7. The summed E-state index contributed by atoms with van der Waals surface area (Å²) < 4.78 is 0. The standard InChI is InChI=1S/C22H26N6.C9H13N.Pt/c1-20(2,3)15-11-14(25-26-15)13-8-10-23-19(24-13)17-16-12-7-9-22(6,21(12,4)5)18(16)28-27-17;1-9(2,3)8-4-6-10-7-5-8;/h8,10-12H,7,9H2,1-6H3;4-7H,1-3H3;/q-2;;+2. The minimum atomic E-state index is -0.0423. The molecule has 6 rings (SSSR count). The molecule has 2 unspecified atom stereocenters. The third kappa shape index (κ3) is 5.03. The van der Waals surface area contributed by atoms with Gasteiger partial charge in [-0.05, 0) is 58.9 Å². The molecule has 1 saturated carbocycles. The topological polar surface area (TPSA) is 92.7 Å². The average Bonchev–Trinajstić information content (AvgIpc) is 3.60. The molecular formula is C31H39N7Pt. The van der Waals surface area contributed by atoms with Crippen molar-refractivity contribution in [3.63, 3.8) is 0 Å². The van der Waals surface area contributed by atoms with E-state index in [1.807, 2.05) is 24.5 Å². The molecule has 2 aliphatic rings. The van der Waals surface area contributed by atoms with Gasteiger partial charge in [0.1, 0.15) is 5.82 Å². The van der Waals surface area contributed by atoms with Gasteiger partial charge in [0.15, 0.2) is 0 Å². The van der Waals surface area contributed by atoms with Crippen LogP contribution in [0.15, 0.2) is 42.9 Å². The molecule has 4 aromatic heterocycles. The number of hydrogen-bond donors (Lipinski definition) is 0. The van der Waals surface area contributed by atoms with Crippen LogP contribution in [-0.4, -0.2) is 25.1 Å². The van der Waals surface area contributed by atoms with Gasteiger partial charge in [-0.25, -0.2) is 9.97 Å². The van der Waals surface area contributed by atoms with E-state index in [1.165, 1.54) is 24.0 Å². The predicted octanol–water partition coefficient (Wildman–Crippen LogP) is 6.36. The Balaban J connectivity index is 0.000000273. The summed E-state index contributed by atoms with van der Waals surface area (Å²) >= 11 is 0. The van der Waals surface area contributed by atoms with E-state index in [9.17, 15) is 0 Å². The third-order valence-electron chi connectivity index (χ3n) is 8.84. The van der Waals surface area contributed by atoms with Crippen LogP contribution in [-0.2, 0) is 37.3 Å². The summed E-state index contributed by atoms with van der Waals surface area (Å²) in [6, 6.07) is 8.01. The van der Waals surface area contributed by atoms with E-state index in [1.54, 1.807) is 6.20 Å². The van der Waals surface area contributed by atoms with Crippen molar-refractivity contribution in [2.75, 3.05) is 0 Å². The van der Waals surface area contributed by atoms with Crippen LogP contribution in [0.5, 0.6) is 0 Å². The summed E-state index contributed by atoms with van der Waals surface area (Å²) in [5.74, 6) is 1.11. The zero-order valence-corrected chi connectivity index (χ0v) is 26.8. The normalized spacial score (nSPS) is 21.1. The van der Waals surface area contributed by atoms with E-state index in [-0.39, 0.29) is 42.7 Å². The number of fused-ring (bicyclic) bond motifs is 5. The molecule has 4 aromatic rings. The first-order valence-corrected chi connectivity index (χ1v) is 13.5. The molecule has 4 heterocycles. The van der Waals surface area contributed by atoms with E-state index in [2.05, 4.69) is 105 Å². The third-order valence-corrected chi connectivity index (χ3v) is 8.84. The summed E-state index contributed by atoms with van der Waals surface area (Å²) in [6.45, 7) is 20.0. The summed E-state index contributed by atoms with van der Waals surface area (Å²) in [4.78, 5) is 13.3. The predicted molar refractivity (Wildman–Crippen MR) is 150 cm³/mol. The number of hydrogen-bond acceptors (Lipinski definition) is 5. The van der Waals surface area contributed by atoms with Crippen LogP contribution in [0.3, 0.4) is 0 Å². The molecular weight excluding hydrogens is 665 g/mol. The van der Waals surface area contributed by atoms with Gasteiger partial charge in [-0.2, -0.15) is 0 Å². The van der Waals surface area contributed by atoms with Crippen molar-refractivity contribution in [1.29, 1.82) is 0 Å². The molecule has 0 N–H and O–H groups in total. The quantitative estimate of drug-likeness (QED) is 0.240. The van der Waals surface area contributed by atoms with E-state index >= 15 is 0 Å². The first kappa shape index (κ1) is 29.3. The summed E-state index contributed by atoms with van der Waals surface area (Å²) in [5.41, 5.74) is 7.60. The molecule has 7 nitrogen and oxygen atoms in total. The maximum Gasteiger partial charge on any atom is 2.00 e. The Morgan fingerprint density at radius 1 is 0.872 bits per heavy atom. The number of nitrogens with zero attached hydrogens (tertiary/aromatic N) is 7. The van der Waals surface area contributed by atoms with Gasteiger partial charge in [-0.3, -0.25) is 4.98 Å². The average molecular weight is 705 g/mol. The van der Waals surface area contributed by atoms with E-state index in [0.717, 1.165) is 28.5 Å². The summed E-state index contributed by atoms with van der Waals surface area (Å²) in [5, 5.41) is 17.8. The van der Waals surface area contributed by atoms with Gasteiger partial charge in [0.25, 0.3) is 0 Å². The molecule has 2 aliphatic carbocycles. The molecule has 208 valence electrons. The summed E-state index contributed by atoms with van der Waals surface area (Å²) in [7, 11) is 0. The van der Waals surface area contributed by atoms with Crippen LogP contribution in [0, 0.1) is 5.41 Å². The van der Waals surface area contributed by atoms with Crippen molar-refractivity contribution >= 4 is 0 Å². The largest absolute Gasteiger partial charge is 2.00 e. The van der Waals surface area contributed by atoms with Crippen LogP contribution in [0.4, 0.5) is 0 Å². The molecule has 0 spiro atoms. The van der Waals surface area contributed by atoms with E-state index in [0.29, 0.717) is 11.7 Å². The molecule has 0 aliphatic heterocycles. The van der Waals surface area contributed by atoms with E-state index < -0.39 is 0 Å². The molecule has 8 heteroatoms. The maximum absolute atomic E-state index is 4.80. The Labute approximate surface area is 246 Å². The molecule has 0 saturated heterocycles. The molecule has 0 amide bonds. The first-order valence-electron chi connectivity index (χ1n) is 13.5. The second-order valence-electron chi connectivity index (χ2n) is 13.6. The molecule has 39 heavy (non-hydrogen) atoms.